The van der Waals surface area contributed by atoms with Gasteiger partial charge in [0.25, 0.3) is 6.71 Å². The van der Waals surface area contributed by atoms with Crippen molar-refractivity contribution in [3.05, 3.63) is 168 Å². The second-order valence-corrected chi connectivity index (χ2v) is 22.3. The summed E-state index contributed by atoms with van der Waals surface area (Å²) in [5.41, 5.74) is 18.7. The van der Waals surface area contributed by atoms with Crippen molar-refractivity contribution in [3.63, 3.8) is 0 Å². The number of benzene rings is 7. The van der Waals surface area contributed by atoms with Gasteiger partial charge in [0, 0.05) is 46.5 Å². The van der Waals surface area contributed by atoms with Gasteiger partial charge < -0.3 is 9.80 Å². The zero-order valence-corrected chi connectivity index (χ0v) is 39.3. The highest BCUT2D eigenvalue weighted by Gasteiger charge is 2.44. The van der Waals surface area contributed by atoms with Crippen LogP contribution in [0.15, 0.2) is 146 Å². The third kappa shape index (κ3) is 7.03. The van der Waals surface area contributed by atoms with Gasteiger partial charge in [0.1, 0.15) is 0 Å². The van der Waals surface area contributed by atoms with Crippen LogP contribution in [0.25, 0.3) is 32.7 Å². The molecule has 1 aromatic heterocycles. The molecule has 8 aromatic rings. The third-order valence-electron chi connectivity index (χ3n) is 13.6. The van der Waals surface area contributed by atoms with E-state index in [1.807, 2.05) is 12.4 Å². The van der Waals surface area contributed by atoms with Crippen LogP contribution in [0.4, 0.5) is 34.1 Å². The summed E-state index contributed by atoms with van der Waals surface area (Å²) in [4.78, 5) is 9.70. The van der Waals surface area contributed by atoms with Gasteiger partial charge in [-0.2, -0.15) is 0 Å². The average molecular weight is 822 g/mol. The van der Waals surface area contributed by atoms with Gasteiger partial charge in [-0.15, -0.1) is 0 Å². The van der Waals surface area contributed by atoms with Crippen molar-refractivity contribution in [3.8, 4) is 11.1 Å². The lowest BCUT2D eigenvalue weighted by Gasteiger charge is -2.45. The van der Waals surface area contributed by atoms with Crippen molar-refractivity contribution in [2.75, 3.05) is 9.80 Å². The first kappa shape index (κ1) is 40.9. The van der Waals surface area contributed by atoms with Gasteiger partial charge in [0.2, 0.25) is 0 Å². The smallest absolute Gasteiger partial charge is 0.252 e. The van der Waals surface area contributed by atoms with Gasteiger partial charge >= 0.3 is 0 Å². The van der Waals surface area contributed by atoms with Gasteiger partial charge in [-0.05, 0) is 154 Å². The van der Waals surface area contributed by atoms with Crippen LogP contribution in [-0.4, -0.2) is 11.7 Å². The average Bonchev–Trinajstić information content (AvgIpc) is 3.23. The van der Waals surface area contributed by atoms with Crippen LogP contribution in [0.2, 0.25) is 0 Å². The molecule has 7 aromatic carbocycles. The quantitative estimate of drug-likeness (QED) is 0.166. The number of nitrogens with zero attached hydrogens (tertiary/aromatic N) is 3. The number of rotatable bonds is 3. The fourth-order valence-electron chi connectivity index (χ4n) is 9.85. The fraction of sp³-hybridized carbons (Fsp3) is 0.271. The van der Waals surface area contributed by atoms with E-state index in [0.29, 0.717) is 0 Å². The minimum absolute atomic E-state index is 0.0195. The Morgan fingerprint density at radius 1 is 0.365 bits per heavy atom. The van der Waals surface area contributed by atoms with E-state index >= 15 is 0 Å². The van der Waals surface area contributed by atoms with Crippen LogP contribution in [0, 0.1) is 0 Å². The first-order valence-corrected chi connectivity index (χ1v) is 22.8. The zero-order valence-electron chi connectivity index (χ0n) is 39.3. The normalized spacial score (nSPS) is 13.9. The highest BCUT2D eigenvalue weighted by molar-refractivity contribution is 7.00. The molecule has 2 aliphatic heterocycles. The van der Waals surface area contributed by atoms with Crippen LogP contribution in [0.1, 0.15) is 105 Å². The minimum Gasteiger partial charge on any atom is -0.311 e. The van der Waals surface area contributed by atoms with E-state index in [1.54, 1.807) is 0 Å². The predicted octanol–water partition coefficient (Wildman–Crippen LogP) is 14.3. The molecular weight excluding hydrogens is 761 g/mol. The number of fused-ring (bicyclic) bond motifs is 6. The summed E-state index contributed by atoms with van der Waals surface area (Å²) < 4.78 is 0. The van der Waals surface area contributed by atoms with Crippen LogP contribution in [0.5, 0.6) is 0 Å². The monoisotopic (exact) mass is 821 g/mol. The van der Waals surface area contributed by atoms with Crippen molar-refractivity contribution in [2.24, 2.45) is 0 Å². The molecule has 0 fully saturated rings. The molecule has 10 rings (SSSR count). The lowest BCUT2D eigenvalue weighted by Crippen LogP contribution is -2.61. The van der Waals surface area contributed by atoms with Gasteiger partial charge in [-0.1, -0.05) is 156 Å². The Labute approximate surface area is 375 Å². The molecule has 0 N–H and O–H groups in total. The Morgan fingerprint density at radius 2 is 0.714 bits per heavy atom. The summed E-state index contributed by atoms with van der Waals surface area (Å²) in [6.45, 7) is 28.1. The Balaban J connectivity index is 1.40. The number of anilines is 6. The fourth-order valence-corrected chi connectivity index (χ4v) is 9.85. The summed E-state index contributed by atoms with van der Waals surface area (Å²) in [7, 11) is 0. The molecule has 0 saturated carbocycles. The summed E-state index contributed by atoms with van der Waals surface area (Å²) >= 11 is 0. The summed E-state index contributed by atoms with van der Waals surface area (Å²) in [5.74, 6) is 0. The van der Waals surface area contributed by atoms with Crippen LogP contribution in [0.3, 0.4) is 0 Å². The highest BCUT2D eigenvalue weighted by atomic mass is 15.2. The summed E-state index contributed by atoms with van der Waals surface area (Å²) in [6.07, 6.45) is 3.85. The number of pyridine rings is 1. The number of hydrogen-bond donors (Lipinski definition) is 0. The number of hydrogen-bond acceptors (Lipinski definition) is 3. The molecule has 3 heterocycles. The SMILES string of the molecule is CC(C)(C)c1cc(N2c3cc4ccccc4cc3B3c4cc5ccccc5cc4N(c4cc(C(C)(C)C)cc(C(C)(C)C)c4)c4cc(-c5ccncc5)cc2c43)cc(C(C)(C)C)c1. The van der Waals surface area contributed by atoms with E-state index in [9.17, 15) is 0 Å². The predicted molar refractivity (Wildman–Crippen MR) is 274 cm³/mol. The molecule has 0 unspecified atom stereocenters. The van der Waals surface area contributed by atoms with E-state index in [4.69, 9.17) is 0 Å². The second kappa shape index (κ2) is 14.2. The van der Waals surface area contributed by atoms with Gasteiger partial charge in [0.15, 0.2) is 0 Å². The van der Waals surface area contributed by atoms with Crippen LogP contribution in [-0.2, 0) is 21.7 Å². The third-order valence-corrected chi connectivity index (χ3v) is 13.6. The van der Waals surface area contributed by atoms with E-state index in [1.165, 1.54) is 99.9 Å². The van der Waals surface area contributed by atoms with Crippen molar-refractivity contribution in [1.29, 1.82) is 0 Å². The molecule has 63 heavy (non-hydrogen) atoms. The Bertz CT molecular complexity index is 2860. The van der Waals surface area contributed by atoms with Crippen molar-refractivity contribution < 1.29 is 0 Å². The molecule has 0 saturated heterocycles. The zero-order chi connectivity index (χ0) is 44.4. The first-order valence-electron chi connectivity index (χ1n) is 22.8. The van der Waals surface area contributed by atoms with E-state index in [0.717, 1.165) is 5.56 Å². The first-order chi connectivity index (χ1) is 29.7. The van der Waals surface area contributed by atoms with Crippen molar-refractivity contribution in [1.82, 2.24) is 4.98 Å². The second-order valence-electron chi connectivity index (χ2n) is 22.3. The van der Waals surface area contributed by atoms with E-state index < -0.39 is 0 Å². The van der Waals surface area contributed by atoms with Gasteiger partial charge in [-0.25, -0.2) is 0 Å². The molecule has 0 atom stereocenters. The molecule has 0 amide bonds. The Hall–Kier alpha value is -6.13. The Kier molecular flexibility index (Phi) is 9.22. The van der Waals surface area contributed by atoms with Gasteiger partial charge in [0.05, 0.1) is 0 Å². The number of aromatic nitrogens is 1. The van der Waals surface area contributed by atoms with Crippen molar-refractivity contribution >= 4 is 78.8 Å². The van der Waals surface area contributed by atoms with Crippen LogP contribution >= 0.6 is 0 Å². The highest BCUT2D eigenvalue weighted by Crippen LogP contribution is 2.49. The summed E-state index contributed by atoms with van der Waals surface area (Å²) in [6, 6.07) is 51.7. The molecule has 0 spiro atoms. The molecule has 0 aliphatic carbocycles. The molecule has 0 bridgehead atoms. The van der Waals surface area contributed by atoms with E-state index in [-0.39, 0.29) is 28.4 Å². The molecule has 314 valence electrons. The standard InChI is InChI=1S/C59H60BN3/c1-56(2,3)43-31-44(57(4,5)6)34-47(33-43)62-51-27-40-19-15-13-17-38(40)25-49(51)60-50-26-39-18-14-16-20-41(39)28-52(50)63(48-35-45(58(7,8)9)32-46(36-48)59(10,11)12)54-30-42(29-53(62)55(54)60)37-21-23-61-24-22-37/h13-36H,1-12H3. The molecule has 2 aliphatic rings. The molecule has 4 heteroatoms. The maximum atomic E-state index is 4.48. The summed E-state index contributed by atoms with van der Waals surface area (Å²) in [5, 5.41) is 4.99. The van der Waals surface area contributed by atoms with Crippen LogP contribution < -0.4 is 26.2 Å². The molecule has 3 nitrogen and oxygen atoms in total. The Morgan fingerprint density at radius 3 is 1.06 bits per heavy atom. The maximum Gasteiger partial charge on any atom is 0.252 e. The largest absolute Gasteiger partial charge is 0.311 e. The molecule has 0 radical (unpaired) electrons. The van der Waals surface area contributed by atoms with Gasteiger partial charge in [-0.3, -0.25) is 4.98 Å². The van der Waals surface area contributed by atoms with E-state index in [2.05, 4.69) is 231 Å². The lowest BCUT2D eigenvalue weighted by atomic mass is 9.33. The maximum absolute atomic E-state index is 4.48. The van der Waals surface area contributed by atoms with Crippen molar-refractivity contribution in [2.45, 2.75) is 105 Å². The minimum atomic E-state index is -0.0571. The molecular formula is C59H60BN3. The topological polar surface area (TPSA) is 19.4 Å². The lowest BCUT2D eigenvalue weighted by molar-refractivity contribution is 0.568.